The first-order chi connectivity index (χ1) is 6.25. The van der Waals surface area contributed by atoms with E-state index in [1.165, 1.54) is 0 Å². The van der Waals surface area contributed by atoms with Crippen molar-refractivity contribution in [1.82, 2.24) is 5.32 Å². The van der Waals surface area contributed by atoms with Gasteiger partial charge in [0.2, 0.25) is 0 Å². The van der Waals surface area contributed by atoms with Gasteiger partial charge >= 0.3 is 0 Å². The highest BCUT2D eigenvalue weighted by atomic mass is 16.5. The molecule has 4 heteroatoms. The maximum Gasteiger partial charge on any atom is 0.111 e. The lowest BCUT2D eigenvalue weighted by atomic mass is 9.88. The Bertz CT molecular complexity index is 178. The van der Waals surface area contributed by atoms with Crippen LogP contribution < -0.4 is 5.32 Å². The molecule has 76 valence electrons. The molecule has 13 heavy (non-hydrogen) atoms. The van der Waals surface area contributed by atoms with Gasteiger partial charge in [0.25, 0.3) is 0 Å². The molecular weight excluding hydrogens is 170 g/mol. The topological polar surface area (TPSA) is 61.7 Å². The molecule has 2 saturated heterocycles. The van der Waals surface area contributed by atoms with Gasteiger partial charge in [0, 0.05) is 0 Å². The lowest BCUT2D eigenvalue weighted by Gasteiger charge is -2.30. The van der Waals surface area contributed by atoms with Crippen LogP contribution in [0.25, 0.3) is 0 Å². The highest BCUT2D eigenvalue weighted by Gasteiger charge is 2.48. The minimum atomic E-state index is -0.701. The lowest BCUT2D eigenvalue weighted by Crippen LogP contribution is -2.43. The predicted octanol–water partition coefficient (Wildman–Crippen LogP) is -0.749. The van der Waals surface area contributed by atoms with Crippen molar-refractivity contribution >= 4 is 0 Å². The van der Waals surface area contributed by atoms with E-state index in [9.17, 15) is 10.2 Å². The Balaban J connectivity index is 2.09. The molecule has 4 nitrogen and oxygen atoms in total. The van der Waals surface area contributed by atoms with Crippen LogP contribution in [-0.2, 0) is 4.74 Å². The van der Waals surface area contributed by atoms with Crippen LogP contribution in [0.1, 0.15) is 19.3 Å². The van der Waals surface area contributed by atoms with Crippen LogP contribution in [0.5, 0.6) is 0 Å². The first-order valence-corrected chi connectivity index (χ1v) is 4.95. The summed E-state index contributed by atoms with van der Waals surface area (Å²) in [5, 5.41) is 22.5. The maximum atomic E-state index is 9.80. The van der Waals surface area contributed by atoms with Gasteiger partial charge in [-0.05, 0) is 32.4 Å². The fraction of sp³-hybridized carbons (Fsp3) is 1.00. The molecular formula is C9H17NO3. The normalized spacial score (nSPS) is 46.6. The zero-order chi connectivity index (χ0) is 9.31. The van der Waals surface area contributed by atoms with E-state index in [1.54, 1.807) is 0 Å². The molecule has 3 unspecified atom stereocenters. The molecule has 0 amide bonds. The summed E-state index contributed by atoms with van der Waals surface area (Å²) in [6.45, 7) is 2.12. The quantitative estimate of drug-likeness (QED) is 0.467. The van der Waals surface area contributed by atoms with Gasteiger partial charge in [-0.25, -0.2) is 0 Å². The van der Waals surface area contributed by atoms with Crippen LogP contribution in [0.4, 0.5) is 0 Å². The van der Waals surface area contributed by atoms with Gasteiger partial charge in [0.1, 0.15) is 12.2 Å². The van der Waals surface area contributed by atoms with Crippen LogP contribution >= 0.6 is 0 Å². The van der Waals surface area contributed by atoms with E-state index in [0.29, 0.717) is 0 Å². The number of hydrogen-bond acceptors (Lipinski definition) is 4. The monoisotopic (exact) mass is 187 g/mol. The fourth-order valence-electron chi connectivity index (χ4n) is 2.28. The Labute approximate surface area is 77.9 Å². The zero-order valence-electron chi connectivity index (χ0n) is 7.70. The molecule has 1 spiro atoms. The molecule has 2 heterocycles. The fourth-order valence-corrected chi connectivity index (χ4v) is 2.28. The van der Waals surface area contributed by atoms with E-state index in [-0.39, 0.29) is 6.61 Å². The van der Waals surface area contributed by atoms with Gasteiger partial charge in [0.15, 0.2) is 0 Å². The van der Waals surface area contributed by atoms with E-state index >= 15 is 0 Å². The summed E-state index contributed by atoms with van der Waals surface area (Å²) in [7, 11) is 0. The Morgan fingerprint density at radius 2 is 2.08 bits per heavy atom. The smallest absolute Gasteiger partial charge is 0.111 e. The van der Waals surface area contributed by atoms with Crippen LogP contribution in [-0.4, -0.2) is 47.7 Å². The third-order valence-electron chi connectivity index (χ3n) is 3.12. The number of hydrogen-bond donors (Lipinski definition) is 3. The Hall–Kier alpha value is -0.160. The number of rotatable bonds is 0. The second kappa shape index (κ2) is 3.53. The SMILES string of the molecule is OC1COC2(CCCNCC2)C1O. The van der Waals surface area contributed by atoms with E-state index in [4.69, 9.17) is 4.74 Å². The maximum absolute atomic E-state index is 9.80. The minimum Gasteiger partial charge on any atom is -0.388 e. The average molecular weight is 187 g/mol. The van der Waals surface area contributed by atoms with Gasteiger partial charge in [-0.1, -0.05) is 0 Å². The van der Waals surface area contributed by atoms with Crippen molar-refractivity contribution in [2.45, 2.75) is 37.1 Å². The molecule has 0 bridgehead atoms. The third kappa shape index (κ3) is 1.59. The van der Waals surface area contributed by atoms with Crippen LogP contribution in [0.3, 0.4) is 0 Å². The molecule has 2 aliphatic heterocycles. The van der Waals surface area contributed by atoms with Crippen molar-refractivity contribution < 1.29 is 14.9 Å². The molecule has 3 atom stereocenters. The Kier molecular flexibility index (Phi) is 2.55. The van der Waals surface area contributed by atoms with Crippen molar-refractivity contribution in [3.05, 3.63) is 0 Å². The van der Waals surface area contributed by atoms with Crippen molar-refractivity contribution in [3.8, 4) is 0 Å². The van der Waals surface area contributed by atoms with Crippen molar-refractivity contribution in [3.63, 3.8) is 0 Å². The number of nitrogens with one attached hydrogen (secondary N) is 1. The summed E-state index contributed by atoms with van der Waals surface area (Å²) >= 11 is 0. The Morgan fingerprint density at radius 1 is 1.23 bits per heavy atom. The van der Waals surface area contributed by atoms with E-state index in [1.807, 2.05) is 0 Å². The summed E-state index contributed by atoms with van der Waals surface area (Å²) in [6.07, 6.45) is 1.25. The molecule has 2 fully saturated rings. The van der Waals surface area contributed by atoms with Gasteiger partial charge in [-0.3, -0.25) is 0 Å². The molecule has 2 aliphatic rings. The second-order valence-corrected chi connectivity index (χ2v) is 3.99. The van der Waals surface area contributed by atoms with E-state index in [0.717, 1.165) is 32.4 Å². The second-order valence-electron chi connectivity index (χ2n) is 3.99. The van der Waals surface area contributed by atoms with Crippen molar-refractivity contribution in [1.29, 1.82) is 0 Å². The lowest BCUT2D eigenvalue weighted by molar-refractivity contribution is -0.0712. The van der Waals surface area contributed by atoms with Crippen LogP contribution in [0.15, 0.2) is 0 Å². The number of aliphatic hydroxyl groups is 2. The molecule has 0 aliphatic carbocycles. The summed E-state index contributed by atoms with van der Waals surface area (Å²) in [5.74, 6) is 0. The molecule has 2 rings (SSSR count). The predicted molar refractivity (Wildman–Crippen MR) is 47.4 cm³/mol. The van der Waals surface area contributed by atoms with Crippen LogP contribution in [0, 0.1) is 0 Å². The van der Waals surface area contributed by atoms with E-state index in [2.05, 4.69) is 5.32 Å². The molecule has 0 aromatic heterocycles. The largest absolute Gasteiger partial charge is 0.388 e. The summed E-state index contributed by atoms with van der Waals surface area (Å²) < 4.78 is 5.55. The first-order valence-electron chi connectivity index (χ1n) is 4.95. The van der Waals surface area contributed by atoms with Gasteiger partial charge in [0.05, 0.1) is 12.2 Å². The van der Waals surface area contributed by atoms with Crippen LogP contribution in [0.2, 0.25) is 0 Å². The standard InChI is InChI=1S/C9H17NO3/c11-7-6-13-9(8(7)12)2-1-4-10-5-3-9/h7-8,10-12H,1-6H2. The molecule has 0 aromatic carbocycles. The van der Waals surface area contributed by atoms with E-state index < -0.39 is 17.8 Å². The molecule has 0 saturated carbocycles. The van der Waals surface area contributed by atoms with Crippen molar-refractivity contribution in [2.75, 3.05) is 19.7 Å². The first kappa shape index (κ1) is 9.40. The van der Waals surface area contributed by atoms with Gasteiger partial charge in [-0.15, -0.1) is 0 Å². The molecule has 3 N–H and O–H groups in total. The highest BCUT2D eigenvalue weighted by Crippen LogP contribution is 2.34. The summed E-state index contributed by atoms with van der Waals surface area (Å²) in [6, 6.07) is 0. The van der Waals surface area contributed by atoms with Gasteiger partial charge < -0.3 is 20.3 Å². The Morgan fingerprint density at radius 3 is 2.77 bits per heavy atom. The summed E-state index contributed by atoms with van der Waals surface area (Å²) in [4.78, 5) is 0. The average Bonchev–Trinajstić information content (AvgIpc) is 2.38. The van der Waals surface area contributed by atoms with Gasteiger partial charge in [-0.2, -0.15) is 0 Å². The number of ether oxygens (including phenoxy) is 1. The number of aliphatic hydroxyl groups excluding tert-OH is 2. The van der Waals surface area contributed by atoms with Crippen molar-refractivity contribution in [2.24, 2.45) is 0 Å². The minimum absolute atomic E-state index is 0.279. The molecule has 0 radical (unpaired) electrons. The summed E-state index contributed by atoms with van der Waals surface area (Å²) in [5.41, 5.74) is -0.469. The molecule has 0 aromatic rings. The third-order valence-corrected chi connectivity index (χ3v) is 3.12. The highest BCUT2D eigenvalue weighted by molar-refractivity contribution is 4.99. The zero-order valence-corrected chi connectivity index (χ0v) is 7.70.